The lowest BCUT2D eigenvalue weighted by atomic mass is 10.0. The molecule has 0 spiro atoms. The molecule has 0 unspecified atom stereocenters. The van der Waals surface area contributed by atoms with Crippen molar-refractivity contribution in [3.63, 3.8) is 0 Å². The lowest BCUT2D eigenvalue weighted by Gasteiger charge is -2.26. The van der Waals surface area contributed by atoms with E-state index in [-0.39, 0.29) is 0 Å². The van der Waals surface area contributed by atoms with Crippen molar-refractivity contribution in [2.45, 2.75) is 0 Å². The molecular weight excluding hydrogens is 457 g/mol. The van der Waals surface area contributed by atoms with Crippen molar-refractivity contribution in [3.05, 3.63) is 107 Å². The average Bonchev–Trinajstić information content (AvgIpc) is 2.76. The standard InChI is InChI=1S/C25H20INO/c1-28-25-9-5-8-24(18-25)27(22-6-3-2-4-7-22)23-16-12-20(13-17-23)19-10-14-21(26)15-11-19/h2-18H,1H3. The fourth-order valence-corrected chi connectivity index (χ4v) is 3.58. The van der Waals surface area contributed by atoms with Gasteiger partial charge in [-0.3, -0.25) is 0 Å². The zero-order valence-corrected chi connectivity index (χ0v) is 17.7. The van der Waals surface area contributed by atoms with E-state index >= 15 is 0 Å². The Morgan fingerprint density at radius 3 is 1.82 bits per heavy atom. The molecule has 4 rings (SSSR count). The third kappa shape index (κ3) is 4.04. The van der Waals surface area contributed by atoms with Crippen LogP contribution in [0.5, 0.6) is 5.75 Å². The average molecular weight is 477 g/mol. The minimum Gasteiger partial charge on any atom is -0.497 e. The van der Waals surface area contributed by atoms with E-state index in [1.54, 1.807) is 7.11 Å². The smallest absolute Gasteiger partial charge is 0.120 e. The highest BCUT2D eigenvalue weighted by Gasteiger charge is 2.13. The van der Waals surface area contributed by atoms with Gasteiger partial charge < -0.3 is 9.64 Å². The first-order valence-corrected chi connectivity index (χ1v) is 10.2. The van der Waals surface area contributed by atoms with Crippen LogP contribution < -0.4 is 9.64 Å². The summed E-state index contributed by atoms with van der Waals surface area (Å²) in [5.74, 6) is 0.842. The number of anilines is 3. The molecule has 0 aliphatic heterocycles. The largest absolute Gasteiger partial charge is 0.497 e. The number of nitrogens with zero attached hydrogens (tertiary/aromatic N) is 1. The van der Waals surface area contributed by atoms with E-state index in [0.29, 0.717) is 0 Å². The van der Waals surface area contributed by atoms with Gasteiger partial charge in [-0.25, -0.2) is 0 Å². The Morgan fingerprint density at radius 2 is 1.18 bits per heavy atom. The molecule has 0 aliphatic carbocycles. The predicted octanol–water partition coefficient (Wildman–Crippen LogP) is 7.44. The van der Waals surface area contributed by atoms with Crippen LogP contribution in [0.2, 0.25) is 0 Å². The van der Waals surface area contributed by atoms with E-state index in [1.165, 1.54) is 14.7 Å². The van der Waals surface area contributed by atoms with Gasteiger partial charge in [0.25, 0.3) is 0 Å². The molecule has 3 heteroatoms. The third-order valence-corrected chi connectivity index (χ3v) is 5.35. The fraction of sp³-hybridized carbons (Fsp3) is 0.0400. The van der Waals surface area contributed by atoms with Crippen molar-refractivity contribution in [2.75, 3.05) is 12.0 Å². The molecule has 0 atom stereocenters. The molecule has 0 fully saturated rings. The van der Waals surface area contributed by atoms with Crippen molar-refractivity contribution >= 4 is 39.7 Å². The van der Waals surface area contributed by atoms with Crippen LogP contribution in [0.15, 0.2) is 103 Å². The van der Waals surface area contributed by atoms with Crippen LogP contribution in [0.3, 0.4) is 0 Å². The molecule has 138 valence electrons. The Balaban J connectivity index is 1.75. The van der Waals surface area contributed by atoms with Gasteiger partial charge in [0.2, 0.25) is 0 Å². The van der Waals surface area contributed by atoms with Gasteiger partial charge in [0.1, 0.15) is 5.75 Å². The quantitative estimate of drug-likeness (QED) is 0.277. The summed E-state index contributed by atoms with van der Waals surface area (Å²) in [6.45, 7) is 0. The van der Waals surface area contributed by atoms with Crippen molar-refractivity contribution in [1.29, 1.82) is 0 Å². The lowest BCUT2D eigenvalue weighted by Crippen LogP contribution is -2.09. The zero-order chi connectivity index (χ0) is 19.3. The topological polar surface area (TPSA) is 12.5 Å². The van der Waals surface area contributed by atoms with Crippen molar-refractivity contribution < 1.29 is 4.74 Å². The van der Waals surface area contributed by atoms with Gasteiger partial charge in [0.05, 0.1) is 7.11 Å². The van der Waals surface area contributed by atoms with Crippen molar-refractivity contribution in [2.24, 2.45) is 0 Å². The number of halogens is 1. The molecule has 4 aromatic rings. The van der Waals surface area contributed by atoms with E-state index in [9.17, 15) is 0 Å². The summed E-state index contributed by atoms with van der Waals surface area (Å²) in [5.41, 5.74) is 5.71. The van der Waals surface area contributed by atoms with Gasteiger partial charge in [-0.2, -0.15) is 0 Å². The maximum Gasteiger partial charge on any atom is 0.120 e. The summed E-state index contributed by atoms with van der Waals surface area (Å²) < 4.78 is 6.68. The first kappa shape index (κ1) is 18.6. The molecule has 0 aromatic heterocycles. The van der Waals surface area contributed by atoms with Gasteiger partial charge in [-0.05, 0) is 82.2 Å². The number of methoxy groups -OCH3 is 1. The molecule has 0 heterocycles. The highest BCUT2D eigenvalue weighted by molar-refractivity contribution is 14.1. The number of para-hydroxylation sites is 1. The van der Waals surface area contributed by atoms with E-state index in [1.807, 2.05) is 18.2 Å². The molecule has 0 N–H and O–H groups in total. The Kier molecular flexibility index (Phi) is 5.63. The molecule has 0 aliphatic rings. The molecular formula is C25H20INO. The Hall–Kier alpha value is -2.79. The van der Waals surface area contributed by atoms with Crippen LogP contribution in [0.1, 0.15) is 0 Å². The van der Waals surface area contributed by atoms with Crippen LogP contribution in [0.25, 0.3) is 11.1 Å². The minimum absolute atomic E-state index is 0.842. The third-order valence-electron chi connectivity index (χ3n) is 4.63. The molecule has 4 aromatic carbocycles. The number of rotatable bonds is 5. The number of benzene rings is 4. The first-order chi connectivity index (χ1) is 13.7. The number of hydrogen-bond acceptors (Lipinski definition) is 2. The van der Waals surface area contributed by atoms with Gasteiger partial charge in [0, 0.05) is 26.7 Å². The second kappa shape index (κ2) is 8.48. The minimum atomic E-state index is 0.842. The van der Waals surface area contributed by atoms with Crippen molar-refractivity contribution in [3.8, 4) is 16.9 Å². The Bertz CT molecular complexity index is 1040. The lowest BCUT2D eigenvalue weighted by molar-refractivity contribution is 0.415. The summed E-state index contributed by atoms with van der Waals surface area (Å²) in [5, 5.41) is 0. The number of ether oxygens (including phenoxy) is 1. The fourth-order valence-electron chi connectivity index (χ4n) is 3.22. The van der Waals surface area contributed by atoms with Crippen molar-refractivity contribution in [1.82, 2.24) is 0 Å². The maximum absolute atomic E-state index is 5.44. The van der Waals surface area contributed by atoms with E-state index in [2.05, 4.69) is 112 Å². The predicted molar refractivity (Wildman–Crippen MR) is 126 cm³/mol. The summed E-state index contributed by atoms with van der Waals surface area (Å²) in [6.07, 6.45) is 0. The monoisotopic (exact) mass is 477 g/mol. The Morgan fingerprint density at radius 1 is 0.607 bits per heavy atom. The maximum atomic E-state index is 5.44. The first-order valence-electron chi connectivity index (χ1n) is 9.10. The molecule has 0 bridgehead atoms. The molecule has 0 saturated carbocycles. The van der Waals surface area contributed by atoms with Crippen LogP contribution in [0, 0.1) is 3.57 Å². The SMILES string of the molecule is COc1cccc(N(c2ccccc2)c2ccc(-c3ccc(I)cc3)cc2)c1. The number of hydrogen-bond donors (Lipinski definition) is 0. The summed E-state index contributed by atoms with van der Waals surface area (Å²) in [6, 6.07) is 35.8. The highest BCUT2D eigenvalue weighted by atomic mass is 127. The second-order valence-electron chi connectivity index (χ2n) is 6.43. The second-order valence-corrected chi connectivity index (χ2v) is 7.67. The normalized spacial score (nSPS) is 10.5. The van der Waals surface area contributed by atoms with E-state index in [4.69, 9.17) is 4.74 Å². The van der Waals surface area contributed by atoms with Crippen LogP contribution in [-0.4, -0.2) is 7.11 Å². The van der Waals surface area contributed by atoms with Gasteiger partial charge in [-0.15, -0.1) is 0 Å². The Labute approximate surface area is 179 Å². The van der Waals surface area contributed by atoms with Gasteiger partial charge in [0.15, 0.2) is 0 Å². The molecule has 0 saturated heterocycles. The molecule has 0 amide bonds. The van der Waals surface area contributed by atoms with Gasteiger partial charge in [-0.1, -0.05) is 48.5 Å². The van der Waals surface area contributed by atoms with Crippen LogP contribution >= 0.6 is 22.6 Å². The molecule has 0 radical (unpaired) electrons. The summed E-state index contributed by atoms with van der Waals surface area (Å²) in [4.78, 5) is 2.24. The van der Waals surface area contributed by atoms with E-state index in [0.717, 1.165) is 22.8 Å². The van der Waals surface area contributed by atoms with E-state index < -0.39 is 0 Å². The highest BCUT2D eigenvalue weighted by Crippen LogP contribution is 2.36. The van der Waals surface area contributed by atoms with Crippen LogP contribution in [-0.2, 0) is 0 Å². The van der Waals surface area contributed by atoms with Crippen LogP contribution in [0.4, 0.5) is 17.1 Å². The summed E-state index contributed by atoms with van der Waals surface area (Å²) in [7, 11) is 1.70. The summed E-state index contributed by atoms with van der Waals surface area (Å²) >= 11 is 2.33. The zero-order valence-electron chi connectivity index (χ0n) is 15.5. The molecule has 28 heavy (non-hydrogen) atoms. The molecule has 2 nitrogen and oxygen atoms in total. The van der Waals surface area contributed by atoms with Gasteiger partial charge >= 0.3 is 0 Å².